The van der Waals surface area contributed by atoms with Crippen LogP contribution in [0.3, 0.4) is 0 Å². The van der Waals surface area contributed by atoms with Crippen LogP contribution in [0.1, 0.15) is 89.2 Å². The summed E-state index contributed by atoms with van der Waals surface area (Å²) in [5.74, 6) is 0. The van der Waals surface area contributed by atoms with Gasteiger partial charge in [0.1, 0.15) is 10.1 Å². The Balaban J connectivity index is 0.00000420. The molecule has 3 nitrogen and oxygen atoms in total. The van der Waals surface area contributed by atoms with Crippen LogP contribution in [0.15, 0.2) is 35.2 Å². The molecule has 29 heavy (non-hydrogen) atoms. The Labute approximate surface area is 199 Å². The first-order valence-electron chi connectivity index (χ1n) is 11.0. The van der Waals surface area contributed by atoms with E-state index in [0.717, 1.165) is 60.4 Å². The molecule has 0 unspecified atom stereocenters. The second-order valence-corrected chi connectivity index (χ2v) is 9.18. The molecule has 0 N–H and O–H groups in total. The first kappa shape index (κ1) is 26.6. The van der Waals surface area contributed by atoms with Gasteiger partial charge < -0.3 is 4.55 Å². The first-order valence-corrected chi connectivity index (χ1v) is 12.4. The zero-order valence-corrected chi connectivity index (χ0v) is 21.3. The number of fused-ring (bicyclic) bond motifs is 1. The van der Waals surface area contributed by atoms with Gasteiger partial charge in [-0.15, -0.1) is 0 Å². The molecule has 0 aliphatic carbocycles. The molecule has 5 heteroatoms. The number of unbranched alkanes of at least 4 members (excludes halogenated alkanes) is 8. The molecule has 0 aliphatic rings. The maximum atomic E-state index is 12.0. The van der Waals surface area contributed by atoms with E-state index in [1.807, 2.05) is 18.2 Å². The SMILES string of the molecule is CCCCCCCc1c(S(=O)(=O)[O-])cc2ccccc2c1CCCCCCC.[Na+]. The predicted molar refractivity (Wildman–Crippen MR) is 117 cm³/mol. The minimum atomic E-state index is -4.48. The van der Waals surface area contributed by atoms with Crippen molar-refractivity contribution in [1.82, 2.24) is 0 Å². The molecule has 0 saturated heterocycles. The van der Waals surface area contributed by atoms with Gasteiger partial charge in [-0.25, -0.2) is 8.42 Å². The molecule has 2 aromatic rings. The van der Waals surface area contributed by atoms with E-state index in [-0.39, 0.29) is 34.5 Å². The van der Waals surface area contributed by atoms with Gasteiger partial charge in [-0.2, -0.15) is 0 Å². The summed E-state index contributed by atoms with van der Waals surface area (Å²) in [5.41, 5.74) is 1.86. The summed E-state index contributed by atoms with van der Waals surface area (Å²) >= 11 is 0. The molecular formula is C24H35NaO3S. The van der Waals surface area contributed by atoms with E-state index in [1.165, 1.54) is 32.1 Å². The maximum Gasteiger partial charge on any atom is 1.00 e. The number of hydrogen-bond acceptors (Lipinski definition) is 3. The Morgan fingerprint density at radius 2 is 1.28 bits per heavy atom. The van der Waals surface area contributed by atoms with Crippen LogP contribution in [0, 0.1) is 0 Å². The van der Waals surface area contributed by atoms with Gasteiger partial charge in [-0.1, -0.05) is 89.5 Å². The molecule has 0 atom stereocenters. The fourth-order valence-corrected chi connectivity index (χ4v) is 4.83. The van der Waals surface area contributed by atoms with Crippen molar-refractivity contribution in [2.24, 2.45) is 0 Å². The molecule has 0 radical (unpaired) electrons. The zero-order chi connectivity index (χ0) is 20.4. The summed E-state index contributed by atoms with van der Waals surface area (Å²) in [7, 11) is -4.48. The maximum absolute atomic E-state index is 12.0. The predicted octanol–water partition coefficient (Wildman–Crippen LogP) is 3.77. The van der Waals surface area contributed by atoms with Crippen molar-refractivity contribution < 1.29 is 42.5 Å². The Bertz CT molecular complexity index is 847. The minimum absolute atomic E-state index is 0. The van der Waals surface area contributed by atoms with Crippen molar-refractivity contribution in [2.75, 3.05) is 0 Å². The van der Waals surface area contributed by atoms with Gasteiger partial charge in [-0.3, -0.25) is 0 Å². The Morgan fingerprint density at radius 1 is 0.759 bits per heavy atom. The molecule has 0 saturated carbocycles. The largest absolute Gasteiger partial charge is 1.00 e. The minimum Gasteiger partial charge on any atom is -0.744 e. The number of benzene rings is 2. The topological polar surface area (TPSA) is 57.2 Å². The van der Waals surface area contributed by atoms with E-state index in [9.17, 15) is 13.0 Å². The summed E-state index contributed by atoms with van der Waals surface area (Å²) in [6.07, 6.45) is 12.9. The van der Waals surface area contributed by atoms with Crippen LogP contribution in [-0.4, -0.2) is 13.0 Å². The number of hydrogen-bond donors (Lipinski definition) is 0. The van der Waals surface area contributed by atoms with Gasteiger partial charge in [0.25, 0.3) is 0 Å². The smallest absolute Gasteiger partial charge is 0.744 e. The van der Waals surface area contributed by atoms with Crippen molar-refractivity contribution in [2.45, 2.75) is 95.8 Å². The van der Waals surface area contributed by atoms with E-state index >= 15 is 0 Å². The van der Waals surface area contributed by atoms with Crippen molar-refractivity contribution in [3.05, 3.63) is 41.5 Å². The molecule has 0 amide bonds. The third-order valence-electron chi connectivity index (χ3n) is 5.56. The van der Waals surface area contributed by atoms with Crippen molar-refractivity contribution in [3.63, 3.8) is 0 Å². The van der Waals surface area contributed by atoms with Gasteiger partial charge >= 0.3 is 29.6 Å². The van der Waals surface area contributed by atoms with Crippen LogP contribution in [0.25, 0.3) is 10.8 Å². The summed E-state index contributed by atoms with van der Waals surface area (Å²) in [6, 6.07) is 9.48. The van der Waals surface area contributed by atoms with Crippen LogP contribution in [0.4, 0.5) is 0 Å². The van der Waals surface area contributed by atoms with Gasteiger partial charge in [0.15, 0.2) is 0 Å². The van der Waals surface area contributed by atoms with E-state index in [2.05, 4.69) is 19.9 Å². The molecule has 0 bridgehead atoms. The van der Waals surface area contributed by atoms with Gasteiger partial charge in [0, 0.05) is 0 Å². The van der Waals surface area contributed by atoms with Gasteiger partial charge in [-0.05, 0) is 53.6 Å². The average Bonchev–Trinajstić information content (AvgIpc) is 2.67. The summed E-state index contributed by atoms with van der Waals surface area (Å²) < 4.78 is 36.1. The third kappa shape index (κ3) is 8.34. The second-order valence-electron chi connectivity index (χ2n) is 7.84. The van der Waals surface area contributed by atoms with Crippen LogP contribution in [0.5, 0.6) is 0 Å². The molecule has 0 aliphatic heterocycles. The molecular weight excluding hydrogens is 391 g/mol. The van der Waals surface area contributed by atoms with Crippen molar-refractivity contribution >= 4 is 20.9 Å². The monoisotopic (exact) mass is 426 g/mol. The third-order valence-corrected chi connectivity index (χ3v) is 6.47. The van der Waals surface area contributed by atoms with E-state index in [4.69, 9.17) is 0 Å². The normalized spacial score (nSPS) is 11.6. The molecule has 2 rings (SSSR count). The van der Waals surface area contributed by atoms with Crippen LogP contribution in [-0.2, 0) is 23.0 Å². The van der Waals surface area contributed by atoms with Crippen molar-refractivity contribution in [3.8, 4) is 0 Å². The first-order chi connectivity index (χ1) is 13.5. The van der Waals surface area contributed by atoms with E-state index in [1.54, 1.807) is 6.07 Å². The zero-order valence-electron chi connectivity index (χ0n) is 18.5. The molecule has 0 aromatic heterocycles. The number of rotatable bonds is 13. The fraction of sp³-hybridized carbons (Fsp3) is 0.583. The Kier molecular flexibility index (Phi) is 12.7. The summed E-state index contributed by atoms with van der Waals surface area (Å²) in [6.45, 7) is 4.38. The molecule has 156 valence electrons. The fourth-order valence-electron chi connectivity index (χ4n) is 4.03. The Hall–Kier alpha value is -0.390. The van der Waals surface area contributed by atoms with Crippen LogP contribution < -0.4 is 29.6 Å². The quantitative estimate of drug-likeness (QED) is 0.278. The van der Waals surface area contributed by atoms with E-state index < -0.39 is 10.1 Å². The second kappa shape index (κ2) is 13.8. The number of aryl methyl sites for hydroxylation is 1. The average molecular weight is 427 g/mol. The molecule has 2 aromatic carbocycles. The molecule has 0 spiro atoms. The van der Waals surface area contributed by atoms with Gasteiger partial charge in [0.2, 0.25) is 0 Å². The van der Waals surface area contributed by atoms with Crippen molar-refractivity contribution in [1.29, 1.82) is 0 Å². The standard InChI is InChI=1S/C24H36O3S.Na/c1-3-5-7-9-11-17-22-21-16-14-13-15-20(21)19-24(28(25,26)27)23(22)18-12-10-8-6-4-2;/h13-16,19H,3-12,17-18H2,1-2H3,(H,25,26,27);/q;+1/p-1. The molecule has 0 heterocycles. The van der Waals surface area contributed by atoms with Gasteiger partial charge in [0.05, 0.1) is 4.90 Å². The van der Waals surface area contributed by atoms with Crippen LogP contribution in [0.2, 0.25) is 0 Å². The summed E-state index contributed by atoms with van der Waals surface area (Å²) in [5, 5.41) is 1.96. The van der Waals surface area contributed by atoms with Crippen LogP contribution >= 0.6 is 0 Å². The van der Waals surface area contributed by atoms with E-state index in [0.29, 0.717) is 6.42 Å². The molecule has 0 fully saturated rings. The Morgan fingerprint density at radius 3 is 1.83 bits per heavy atom. The summed E-state index contributed by atoms with van der Waals surface area (Å²) in [4.78, 5) is 0.00486.